The van der Waals surface area contributed by atoms with E-state index in [4.69, 9.17) is 0 Å². The molecule has 0 amide bonds. The van der Waals surface area contributed by atoms with E-state index in [0.29, 0.717) is 0 Å². The Kier molecular flexibility index (Phi) is 6.39. The number of hydrogen-bond donors (Lipinski definition) is 0. The van der Waals surface area contributed by atoms with Gasteiger partial charge in [-0.25, -0.2) is 4.57 Å². The Bertz CT molecular complexity index is 1880. The number of rotatable bonds is 4. The average Bonchev–Trinajstić information content (AvgIpc) is 3.56. The molecule has 2 aromatic carbocycles. The third-order valence-electron chi connectivity index (χ3n) is 7.03. The normalized spacial score (nSPS) is 11.1. The molecular weight excluding hydrogens is 661 g/mol. The molecule has 1 radical (unpaired) electrons. The molecule has 0 saturated carbocycles. The molecule has 5 aromatic heterocycles. The molecule has 0 aliphatic carbocycles. The van der Waals surface area contributed by atoms with Crippen molar-refractivity contribution < 1.29 is 24.7 Å². The summed E-state index contributed by atoms with van der Waals surface area (Å²) < 4.78 is 6.32. The zero-order valence-electron chi connectivity index (χ0n) is 21.4. The Morgan fingerprint density at radius 3 is 2.15 bits per heavy atom. The molecule has 0 aliphatic rings. The summed E-state index contributed by atoms with van der Waals surface area (Å²) in [5.74, 6) is 0.807. The van der Waals surface area contributed by atoms with Crippen LogP contribution >= 0.6 is 0 Å². The maximum Gasteiger partial charge on any atom is 0.326 e. The molecule has 0 unspecified atom stereocenters. The van der Waals surface area contributed by atoms with E-state index < -0.39 is 0 Å². The van der Waals surface area contributed by atoms with Crippen LogP contribution in [0.25, 0.3) is 50.3 Å². The van der Waals surface area contributed by atoms with Gasteiger partial charge in [0.25, 0.3) is 0 Å². The quantitative estimate of drug-likeness (QED) is 0.166. The van der Waals surface area contributed by atoms with E-state index in [1.54, 1.807) is 0 Å². The van der Waals surface area contributed by atoms with Gasteiger partial charge >= 0.3 is 5.95 Å². The van der Waals surface area contributed by atoms with Crippen LogP contribution in [0, 0.1) is 20.0 Å². The first-order chi connectivity index (χ1) is 18.7. The smallest absolute Gasteiger partial charge is 0.326 e. The zero-order valence-corrected chi connectivity index (χ0v) is 23.8. The number of aromatic nitrogens is 6. The molecule has 0 fully saturated rings. The van der Waals surface area contributed by atoms with Crippen molar-refractivity contribution in [2.24, 2.45) is 0 Å². The molecule has 191 valence electrons. The fourth-order valence-electron chi connectivity index (χ4n) is 5.44. The number of aryl methyl sites for hydroxylation is 2. The second-order valence-corrected chi connectivity index (χ2v) is 9.43. The first kappa shape index (κ1) is 24.9. The Morgan fingerprint density at radius 2 is 1.49 bits per heavy atom. The molecule has 5 heterocycles. The third kappa shape index (κ3) is 4.16. The van der Waals surface area contributed by atoms with Crippen molar-refractivity contribution >= 4 is 21.8 Å². The molecule has 0 N–H and O–H groups in total. The molecule has 0 atom stereocenters. The summed E-state index contributed by atoms with van der Waals surface area (Å²) in [6, 6.07) is 23.2. The van der Waals surface area contributed by atoms with Gasteiger partial charge < -0.3 is 9.13 Å². The fraction of sp³-hybridized carbons (Fsp3) is 0.0625. The number of nitrogens with zero attached hydrogens (tertiary/aromatic N) is 6. The summed E-state index contributed by atoms with van der Waals surface area (Å²) in [5, 5.41) is 2.20. The van der Waals surface area contributed by atoms with Gasteiger partial charge in [0.1, 0.15) is 11.9 Å². The van der Waals surface area contributed by atoms with Gasteiger partial charge in [-0.15, -0.1) is 23.2 Å². The molecule has 39 heavy (non-hydrogen) atoms. The number of pyridine rings is 3. The maximum absolute atomic E-state index is 4.60. The average molecular weight is 685 g/mol. The van der Waals surface area contributed by atoms with E-state index in [1.165, 1.54) is 16.7 Å². The van der Waals surface area contributed by atoms with Crippen molar-refractivity contribution in [3.8, 4) is 28.5 Å². The van der Waals surface area contributed by atoms with E-state index in [-0.39, 0.29) is 20.1 Å². The molecule has 7 aromatic rings. The van der Waals surface area contributed by atoms with E-state index in [2.05, 4.69) is 92.7 Å². The van der Waals surface area contributed by atoms with Crippen molar-refractivity contribution in [1.29, 1.82) is 0 Å². The van der Waals surface area contributed by atoms with Crippen LogP contribution < -0.4 is 4.57 Å². The standard InChI is InChI=1S/C32H24N6.Ir/c1-22-17-25(18-23(2)31(22)37-16-13-35-32(37)36-14-4-3-5-15-36)24-7-6-8-26(19-24)38-29-9-11-33-20-27(29)28-21-34-12-10-30(28)38;/h3-14,16-21H,1-2H3;. The van der Waals surface area contributed by atoms with Crippen molar-refractivity contribution in [2.75, 3.05) is 0 Å². The fourth-order valence-corrected chi connectivity index (χ4v) is 5.44. The first-order valence-corrected chi connectivity index (χ1v) is 12.5. The Hall–Kier alpha value is -4.45. The number of imidazole rings is 1. The number of fused-ring (bicyclic) bond motifs is 3. The molecule has 0 aliphatic heterocycles. The Labute approximate surface area is 239 Å². The summed E-state index contributed by atoms with van der Waals surface area (Å²) in [6.07, 6.45) is 16.5. The number of hydrogen-bond acceptors (Lipinski definition) is 3. The van der Waals surface area contributed by atoms with Crippen molar-refractivity contribution in [3.05, 3.63) is 127 Å². The molecular formula is C32H24IrN6. The third-order valence-corrected chi connectivity index (χ3v) is 7.03. The van der Waals surface area contributed by atoms with Gasteiger partial charge in [0.15, 0.2) is 0 Å². The molecule has 7 rings (SSSR count). The minimum absolute atomic E-state index is 0. The van der Waals surface area contributed by atoms with Gasteiger partial charge in [0, 0.05) is 67.5 Å². The van der Waals surface area contributed by atoms with Crippen LogP contribution in [0.15, 0.2) is 110 Å². The van der Waals surface area contributed by atoms with Gasteiger partial charge in [-0.1, -0.05) is 12.1 Å². The van der Waals surface area contributed by atoms with E-state index in [1.807, 2.05) is 66.1 Å². The van der Waals surface area contributed by atoms with Gasteiger partial charge in [0.05, 0.1) is 17.2 Å². The summed E-state index contributed by atoms with van der Waals surface area (Å²) in [4.78, 5) is 13.3. The Morgan fingerprint density at radius 1 is 0.769 bits per heavy atom. The molecule has 0 spiro atoms. The number of benzene rings is 2. The van der Waals surface area contributed by atoms with Crippen LogP contribution in [0.3, 0.4) is 0 Å². The van der Waals surface area contributed by atoms with Crippen LogP contribution in [-0.2, 0) is 20.1 Å². The summed E-state index contributed by atoms with van der Waals surface area (Å²) in [6.45, 7) is 4.32. The van der Waals surface area contributed by atoms with Crippen LogP contribution in [-0.4, -0.2) is 24.1 Å². The second kappa shape index (κ2) is 10.0. The zero-order chi connectivity index (χ0) is 25.6. The van der Waals surface area contributed by atoms with E-state index >= 15 is 0 Å². The predicted molar refractivity (Wildman–Crippen MR) is 149 cm³/mol. The van der Waals surface area contributed by atoms with E-state index in [9.17, 15) is 0 Å². The van der Waals surface area contributed by atoms with Crippen LogP contribution in [0.5, 0.6) is 0 Å². The molecule has 7 heteroatoms. The second-order valence-electron chi connectivity index (χ2n) is 9.43. The SMILES string of the molecule is Cc1cc(-c2cccc(-n3c4ccncc4c4cnccc43)c2)cc(C)c1-n1ccnc1-[n+]1[c-]cccc1.[Ir]. The monoisotopic (exact) mass is 685 g/mol. The van der Waals surface area contributed by atoms with Gasteiger partial charge in [-0.05, 0) is 78.7 Å². The van der Waals surface area contributed by atoms with Crippen molar-refractivity contribution in [1.82, 2.24) is 24.1 Å². The minimum Gasteiger partial charge on any atom is -0.327 e. The van der Waals surface area contributed by atoms with Crippen LogP contribution in [0.1, 0.15) is 11.1 Å². The summed E-state index contributed by atoms with van der Waals surface area (Å²) in [7, 11) is 0. The first-order valence-electron chi connectivity index (χ1n) is 12.5. The molecule has 6 nitrogen and oxygen atoms in total. The van der Waals surface area contributed by atoms with Crippen LogP contribution in [0.2, 0.25) is 0 Å². The van der Waals surface area contributed by atoms with Gasteiger partial charge in [-0.3, -0.25) is 9.97 Å². The maximum atomic E-state index is 4.60. The van der Waals surface area contributed by atoms with Gasteiger partial charge in [-0.2, -0.15) is 0 Å². The largest absolute Gasteiger partial charge is 0.327 e. The minimum atomic E-state index is 0. The van der Waals surface area contributed by atoms with Crippen molar-refractivity contribution in [3.63, 3.8) is 0 Å². The summed E-state index contributed by atoms with van der Waals surface area (Å²) >= 11 is 0. The molecule has 0 saturated heterocycles. The van der Waals surface area contributed by atoms with Crippen LogP contribution in [0.4, 0.5) is 0 Å². The predicted octanol–water partition coefficient (Wildman–Crippen LogP) is 6.12. The van der Waals surface area contributed by atoms with Gasteiger partial charge in [0.2, 0.25) is 0 Å². The topological polar surface area (TPSA) is 52.4 Å². The van der Waals surface area contributed by atoms with Crippen molar-refractivity contribution in [2.45, 2.75) is 13.8 Å². The Balaban J connectivity index is 0.00000277. The molecule has 0 bridgehead atoms. The van der Waals surface area contributed by atoms with E-state index in [0.717, 1.165) is 44.7 Å². The summed E-state index contributed by atoms with van der Waals surface area (Å²) in [5.41, 5.74) is 9.16.